The van der Waals surface area contributed by atoms with Crippen LogP contribution in [0.4, 0.5) is 4.39 Å². The van der Waals surface area contributed by atoms with Gasteiger partial charge in [0.25, 0.3) is 5.91 Å². The molecule has 140 valence electrons. The van der Waals surface area contributed by atoms with E-state index in [1.807, 2.05) is 25.1 Å². The number of amides is 1. The minimum Gasteiger partial charge on any atom is -0.349 e. The number of sulfonamides is 1. The van der Waals surface area contributed by atoms with Crippen LogP contribution in [0.3, 0.4) is 0 Å². The summed E-state index contributed by atoms with van der Waals surface area (Å²) in [5, 5.41) is 2.37. The van der Waals surface area contributed by atoms with Gasteiger partial charge in [0.05, 0.1) is 4.90 Å². The normalized spacial score (nSPS) is 12.6. The minimum absolute atomic E-state index is 0.0190. The molecule has 6 nitrogen and oxygen atoms in total. The molecule has 0 unspecified atom stereocenters. The largest absolute Gasteiger partial charge is 0.349 e. The molecule has 0 aliphatic heterocycles. The zero-order chi connectivity index (χ0) is 19.2. The zero-order valence-electron chi connectivity index (χ0n) is 14.7. The maximum atomic E-state index is 12.6. The number of carbonyl (C=O) groups excluding carboxylic acids is 1. The van der Waals surface area contributed by atoms with Crippen molar-refractivity contribution >= 4 is 15.9 Å². The zero-order valence-corrected chi connectivity index (χ0v) is 15.5. The van der Waals surface area contributed by atoms with Crippen LogP contribution < -0.4 is 10.0 Å². The Labute approximate surface area is 152 Å². The first-order valence-corrected chi connectivity index (χ1v) is 9.69. The van der Waals surface area contributed by atoms with Crippen molar-refractivity contribution in [1.29, 1.82) is 0 Å². The molecule has 0 radical (unpaired) electrons. The molecule has 0 fully saturated rings. The molecule has 2 rings (SSSR count). The van der Waals surface area contributed by atoms with Gasteiger partial charge >= 0.3 is 0 Å². The summed E-state index contributed by atoms with van der Waals surface area (Å²) in [5.74, 6) is -0.517. The average molecular weight is 379 g/mol. The second-order valence-corrected chi connectivity index (χ2v) is 7.68. The van der Waals surface area contributed by atoms with E-state index in [2.05, 4.69) is 15.0 Å². The molecule has 0 spiro atoms. The van der Waals surface area contributed by atoms with Gasteiger partial charge in [-0.15, -0.1) is 0 Å². The molecule has 2 aromatic rings. The van der Waals surface area contributed by atoms with Crippen molar-refractivity contribution in [2.45, 2.75) is 31.2 Å². The topological polar surface area (TPSA) is 88.2 Å². The van der Waals surface area contributed by atoms with Crippen molar-refractivity contribution in [1.82, 2.24) is 15.0 Å². The number of nitrogens with zero attached hydrogens (tertiary/aromatic N) is 1. The lowest BCUT2D eigenvalue weighted by Crippen LogP contribution is -2.34. The summed E-state index contributed by atoms with van der Waals surface area (Å²) in [7, 11) is -3.80. The van der Waals surface area contributed by atoms with E-state index in [1.54, 1.807) is 6.92 Å². The molecule has 1 aromatic carbocycles. The maximum absolute atomic E-state index is 12.6. The van der Waals surface area contributed by atoms with Gasteiger partial charge in [-0.25, -0.2) is 17.5 Å². The van der Waals surface area contributed by atoms with Crippen LogP contribution in [-0.2, 0) is 16.4 Å². The van der Waals surface area contributed by atoms with Crippen LogP contribution in [0, 0.1) is 6.92 Å². The van der Waals surface area contributed by atoms with Gasteiger partial charge in [0.2, 0.25) is 10.0 Å². The van der Waals surface area contributed by atoms with Crippen molar-refractivity contribution in [2.75, 3.05) is 13.2 Å². The van der Waals surface area contributed by atoms with E-state index in [1.165, 1.54) is 24.3 Å². The Morgan fingerprint density at radius 2 is 1.96 bits per heavy atom. The number of hydrogen-bond acceptors (Lipinski definition) is 4. The van der Waals surface area contributed by atoms with Gasteiger partial charge in [-0.1, -0.05) is 12.1 Å². The third-order valence-corrected chi connectivity index (χ3v) is 5.19. The molecule has 0 saturated heterocycles. The Bertz CT molecular complexity index is 871. The molecular weight excluding hydrogens is 357 g/mol. The number of alkyl halides is 1. The van der Waals surface area contributed by atoms with E-state index in [0.29, 0.717) is 6.42 Å². The predicted molar refractivity (Wildman–Crippen MR) is 97.2 cm³/mol. The molecule has 1 amide bonds. The first-order valence-electron chi connectivity index (χ1n) is 8.21. The van der Waals surface area contributed by atoms with Crippen molar-refractivity contribution in [3.8, 4) is 0 Å². The van der Waals surface area contributed by atoms with E-state index in [4.69, 9.17) is 0 Å². The Kier molecular flexibility index (Phi) is 6.82. The molecule has 0 aliphatic rings. The monoisotopic (exact) mass is 379 g/mol. The van der Waals surface area contributed by atoms with Crippen LogP contribution in [0.5, 0.6) is 0 Å². The number of pyridine rings is 1. The third kappa shape index (κ3) is 5.60. The number of carbonyl (C=O) groups is 1. The van der Waals surface area contributed by atoms with E-state index in [0.717, 1.165) is 11.4 Å². The predicted octanol–water partition coefficient (Wildman–Crippen LogP) is 2.00. The molecule has 0 bridgehead atoms. The number of aryl methyl sites for hydroxylation is 1. The maximum Gasteiger partial charge on any atom is 0.251 e. The van der Waals surface area contributed by atoms with Crippen molar-refractivity contribution < 1.29 is 17.6 Å². The summed E-state index contributed by atoms with van der Waals surface area (Å²) in [4.78, 5) is 16.2. The molecule has 1 aromatic heterocycles. The quantitative estimate of drug-likeness (QED) is 0.734. The molecule has 8 heteroatoms. The first kappa shape index (κ1) is 20.0. The van der Waals surface area contributed by atoms with Crippen LogP contribution in [-0.4, -0.2) is 38.6 Å². The molecular formula is C18H22FN3O3S. The summed E-state index contributed by atoms with van der Waals surface area (Å²) in [5.41, 5.74) is 1.82. The lowest BCUT2D eigenvalue weighted by Gasteiger charge is -2.15. The molecule has 0 saturated carbocycles. The molecule has 2 N–H and O–H groups in total. The van der Waals surface area contributed by atoms with Gasteiger partial charge in [-0.05, 0) is 44.2 Å². The summed E-state index contributed by atoms with van der Waals surface area (Å²) < 4.78 is 39.9. The van der Waals surface area contributed by atoms with Crippen LogP contribution in [0.25, 0.3) is 0 Å². The van der Waals surface area contributed by atoms with Gasteiger partial charge in [0.1, 0.15) is 6.67 Å². The highest BCUT2D eigenvalue weighted by Crippen LogP contribution is 2.13. The number of benzene rings is 1. The number of nitrogens with one attached hydrogen (secondary N) is 2. The number of aromatic nitrogens is 1. The summed E-state index contributed by atoms with van der Waals surface area (Å²) in [6.07, 6.45) is 0.442. The van der Waals surface area contributed by atoms with Crippen molar-refractivity contribution in [3.05, 3.63) is 59.4 Å². The van der Waals surface area contributed by atoms with E-state index in [9.17, 15) is 17.6 Å². The van der Waals surface area contributed by atoms with Crippen LogP contribution in [0.2, 0.25) is 0 Å². The van der Waals surface area contributed by atoms with Crippen LogP contribution >= 0.6 is 0 Å². The molecule has 26 heavy (non-hydrogen) atoms. The van der Waals surface area contributed by atoms with Gasteiger partial charge < -0.3 is 5.32 Å². The highest BCUT2D eigenvalue weighted by atomic mass is 32.2. The average Bonchev–Trinajstić information content (AvgIpc) is 2.59. The number of rotatable bonds is 8. The van der Waals surface area contributed by atoms with Crippen LogP contribution in [0.15, 0.2) is 47.4 Å². The number of halogens is 1. The van der Waals surface area contributed by atoms with Crippen LogP contribution in [0.1, 0.15) is 28.7 Å². The third-order valence-electron chi connectivity index (χ3n) is 3.60. The van der Waals surface area contributed by atoms with Gasteiger partial charge in [-0.2, -0.15) is 0 Å². The van der Waals surface area contributed by atoms with E-state index in [-0.39, 0.29) is 23.0 Å². The number of hydrogen-bond donors (Lipinski definition) is 2. The first-order chi connectivity index (χ1) is 12.3. The smallest absolute Gasteiger partial charge is 0.251 e. The summed E-state index contributed by atoms with van der Waals surface area (Å²) in [6, 6.07) is 10.8. The SMILES string of the molecule is Cc1cccc(C[C@H](C)NS(=O)(=O)c2cccc(C(=O)NCCF)c2)n1. The molecule has 1 heterocycles. The standard InChI is InChI=1S/C18H22FN3O3S/c1-13-5-3-7-16(21-13)11-14(2)22-26(24,25)17-8-4-6-15(12-17)18(23)20-10-9-19/h3-8,12,14,22H,9-11H2,1-2H3,(H,20,23)/t14-/m0/s1. The Hall–Kier alpha value is -2.32. The van der Waals surface area contributed by atoms with E-state index >= 15 is 0 Å². The lowest BCUT2D eigenvalue weighted by molar-refractivity contribution is 0.0950. The molecule has 0 aliphatic carbocycles. The highest BCUT2D eigenvalue weighted by Gasteiger charge is 2.19. The van der Waals surface area contributed by atoms with Gasteiger partial charge in [0.15, 0.2) is 0 Å². The lowest BCUT2D eigenvalue weighted by atomic mass is 10.2. The fraction of sp³-hybridized carbons (Fsp3) is 0.333. The van der Waals surface area contributed by atoms with E-state index < -0.39 is 22.6 Å². The minimum atomic E-state index is -3.80. The summed E-state index contributed by atoms with van der Waals surface area (Å²) >= 11 is 0. The second kappa shape index (κ2) is 8.86. The Morgan fingerprint density at radius 1 is 1.23 bits per heavy atom. The Morgan fingerprint density at radius 3 is 2.65 bits per heavy atom. The summed E-state index contributed by atoms with van der Waals surface area (Å²) in [6.45, 7) is 2.82. The Balaban J connectivity index is 2.10. The van der Waals surface area contributed by atoms with Gasteiger partial charge in [0, 0.05) is 36.0 Å². The fourth-order valence-electron chi connectivity index (χ4n) is 2.47. The highest BCUT2D eigenvalue weighted by molar-refractivity contribution is 7.89. The second-order valence-electron chi connectivity index (χ2n) is 5.97. The fourth-order valence-corrected chi connectivity index (χ4v) is 3.76. The molecule has 1 atom stereocenters. The van der Waals surface area contributed by atoms with Gasteiger partial charge in [-0.3, -0.25) is 9.78 Å². The van der Waals surface area contributed by atoms with Crippen molar-refractivity contribution in [2.24, 2.45) is 0 Å². The van der Waals surface area contributed by atoms with Crippen molar-refractivity contribution in [3.63, 3.8) is 0 Å².